The van der Waals surface area contributed by atoms with Crippen molar-refractivity contribution in [3.8, 4) is 0 Å². The number of anilines is 1. The van der Waals surface area contributed by atoms with Crippen molar-refractivity contribution < 1.29 is 9.53 Å². The molecule has 1 heterocycles. The highest BCUT2D eigenvalue weighted by molar-refractivity contribution is 5.94. The van der Waals surface area contributed by atoms with Gasteiger partial charge >= 0.3 is 0 Å². The molecule has 2 N–H and O–H groups in total. The Bertz CT molecular complexity index is 420. The van der Waals surface area contributed by atoms with Gasteiger partial charge in [0.2, 0.25) is 0 Å². The summed E-state index contributed by atoms with van der Waals surface area (Å²) in [6.07, 6.45) is 2.65. The Balaban J connectivity index is 0.00000200. The van der Waals surface area contributed by atoms with Gasteiger partial charge in [-0.05, 0) is 37.4 Å². The Hall–Kier alpha value is -1.10. The quantitative estimate of drug-likeness (QED) is 0.879. The molecule has 0 aromatic heterocycles. The summed E-state index contributed by atoms with van der Waals surface area (Å²) >= 11 is 0. The van der Waals surface area contributed by atoms with Gasteiger partial charge in [0, 0.05) is 18.8 Å². The molecule has 1 fully saturated rings. The third-order valence-electron chi connectivity index (χ3n) is 3.31. The van der Waals surface area contributed by atoms with E-state index < -0.39 is 0 Å². The molecule has 0 radical (unpaired) electrons. The number of carbonyl (C=O) groups excluding carboxylic acids is 1. The third-order valence-corrected chi connectivity index (χ3v) is 3.31. The predicted octanol–water partition coefficient (Wildman–Crippen LogP) is 2.73. The van der Waals surface area contributed by atoms with Gasteiger partial charge in [0.1, 0.15) is 6.10 Å². The van der Waals surface area contributed by atoms with Crippen LogP contribution in [0.2, 0.25) is 0 Å². The number of halogens is 1. The topological polar surface area (TPSA) is 50.4 Å². The summed E-state index contributed by atoms with van der Waals surface area (Å²) in [7, 11) is 0. The molecule has 5 heteroatoms. The van der Waals surface area contributed by atoms with Crippen LogP contribution >= 0.6 is 12.4 Å². The lowest BCUT2D eigenvalue weighted by Gasteiger charge is -2.22. The zero-order valence-electron chi connectivity index (χ0n) is 11.9. The van der Waals surface area contributed by atoms with Gasteiger partial charge in [-0.15, -0.1) is 12.4 Å². The van der Waals surface area contributed by atoms with Crippen molar-refractivity contribution in [2.24, 2.45) is 0 Å². The van der Waals surface area contributed by atoms with E-state index in [0.717, 1.165) is 43.6 Å². The van der Waals surface area contributed by atoms with Crippen LogP contribution in [-0.4, -0.2) is 25.2 Å². The van der Waals surface area contributed by atoms with Crippen LogP contribution in [-0.2, 0) is 16.1 Å². The van der Waals surface area contributed by atoms with Gasteiger partial charge in [-0.1, -0.05) is 25.1 Å². The van der Waals surface area contributed by atoms with E-state index in [0.29, 0.717) is 6.61 Å². The number of benzene rings is 1. The number of ether oxygens (including phenoxy) is 1. The number of rotatable bonds is 5. The van der Waals surface area contributed by atoms with Crippen molar-refractivity contribution >= 4 is 24.0 Å². The molecule has 2 rings (SSSR count). The Morgan fingerprint density at radius 1 is 1.35 bits per heavy atom. The van der Waals surface area contributed by atoms with Crippen LogP contribution < -0.4 is 10.6 Å². The molecule has 20 heavy (non-hydrogen) atoms. The molecule has 0 bridgehead atoms. The maximum atomic E-state index is 12.1. The molecule has 4 nitrogen and oxygen atoms in total. The molecule has 1 aromatic carbocycles. The first-order chi connectivity index (χ1) is 9.31. The van der Waals surface area contributed by atoms with Gasteiger partial charge in [-0.2, -0.15) is 0 Å². The minimum atomic E-state index is -0.291. The van der Waals surface area contributed by atoms with Crippen LogP contribution in [0.4, 0.5) is 5.69 Å². The molecule has 1 aliphatic rings. The van der Waals surface area contributed by atoms with Gasteiger partial charge in [0.25, 0.3) is 5.91 Å². The molecule has 112 valence electrons. The summed E-state index contributed by atoms with van der Waals surface area (Å²) in [6.45, 7) is 4.43. The number of para-hydroxylation sites is 1. The molecular weight excluding hydrogens is 276 g/mol. The number of carbonyl (C=O) groups is 1. The first-order valence-electron chi connectivity index (χ1n) is 7.02. The summed E-state index contributed by atoms with van der Waals surface area (Å²) < 4.78 is 5.51. The highest BCUT2D eigenvalue weighted by Gasteiger charge is 2.22. The van der Waals surface area contributed by atoms with Crippen LogP contribution in [0, 0.1) is 0 Å². The van der Waals surface area contributed by atoms with Crippen LogP contribution in [0.1, 0.15) is 31.7 Å². The van der Waals surface area contributed by atoms with Gasteiger partial charge in [-0.3, -0.25) is 4.79 Å². The second-order valence-corrected chi connectivity index (χ2v) is 4.78. The number of amides is 1. The maximum absolute atomic E-state index is 12.1. The van der Waals surface area contributed by atoms with Gasteiger partial charge in [0.15, 0.2) is 0 Å². The van der Waals surface area contributed by atoms with Crippen molar-refractivity contribution in [2.75, 3.05) is 18.5 Å². The second-order valence-electron chi connectivity index (χ2n) is 4.78. The molecule has 1 amide bonds. The van der Waals surface area contributed by atoms with E-state index in [9.17, 15) is 4.79 Å². The lowest BCUT2D eigenvalue weighted by atomic mass is 10.1. The lowest BCUT2D eigenvalue weighted by Crippen LogP contribution is -2.33. The Kier molecular flexibility index (Phi) is 7.59. The lowest BCUT2D eigenvalue weighted by molar-refractivity contribution is -0.129. The van der Waals surface area contributed by atoms with E-state index in [-0.39, 0.29) is 24.4 Å². The number of hydrogen-bond acceptors (Lipinski definition) is 3. The van der Waals surface area contributed by atoms with E-state index in [1.54, 1.807) is 0 Å². The maximum Gasteiger partial charge on any atom is 0.253 e. The molecule has 1 unspecified atom stereocenters. The fourth-order valence-electron chi connectivity index (χ4n) is 2.22. The first kappa shape index (κ1) is 17.0. The first-order valence-corrected chi connectivity index (χ1v) is 7.02. The smallest absolute Gasteiger partial charge is 0.253 e. The summed E-state index contributed by atoms with van der Waals surface area (Å²) in [5.74, 6) is -0.0244. The fraction of sp³-hybridized carbons (Fsp3) is 0.533. The number of nitrogens with one attached hydrogen (secondary N) is 2. The van der Waals surface area contributed by atoms with E-state index >= 15 is 0 Å². The SMILES string of the molecule is CCNCc1ccccc1NC(=O)C1CCCCO1.Cl. The van der Waals surface area contributed by atoms with Crippen molar-refractivity contribution in [1.29, 1.82) is 0 Å². The normalized spacial score (nSPS) is 18.1. The summed E-state index contributed by atoms with van der Waals surface area (Å²) in [6, 6.07) is 7.89. The molecule has 1 aliphatic heterocycles. The molecule has 1 atom stereocenters. The molecule has 0 aliphatic carbocycles. The highest BCUT2D eigenvalue weighted by atomic mass is 35.5. The summed E-state index contributed by atoms with van der Waals surface area (Å²) in [5, 5.41) is 6.26. The molecular formula is C15H23ClN2O2. The zero-order chi connectivity index (χ0) is 13.5. The molecule has 0 saturated carbocycles. The number of hydrogen-bond donors (Lipinski definition) is 2. The predicted molar refractivity (Wildman–Crippen MR) is 83.3 cm³/mol. The van der Waals surface area contributed by atoms with Crippen molar-refractivity contribution in [3.63, 3.8) is 0 Å². The van der Waals surface area contributed by atoms with Crippen LogP contribution in [0.3, 0.4) is 0 Å². The van der Waals surface area contributed by atoms with Crippen molar-refractivity contribution in [2.45, 2.75) is 38.8 Å². The fourth-order valence-corrected chi connectivity index (χ4v) is 2.22. The average molecular weight is 299 g/mol. The Morgan fingerprint density at radius 2 is 2.15 bits per heavy atom. The monoisotopic (exact) mass is 298 g/mol. The van der Waals surface area contributed by atoms with Gasteiger partial charge in [0.05, 0.1) is 0 Å². The second kappa shape index (κ2) is 8.95. The largest absolute Gasteiger partial charge is 0.368 e. The minimum absolute atomic E-state index is 0. The standard InChI is InChI=1S/C15H22N2O2.ClH/c1-2-16-11-12-7-3-4-8-13(12)17-15(18)14-9-5-6-10-19-14;/h3-4,7-8,14,16H,2,5-6,9-11H2,1H3,(H,17,18);1H. The molecule has 0 spiro atoms. The Labute approximate surface area is 126 Å². The summed E-state index contributed by atoms with van der Waals surface area (Å²) in [4.78, 5) is 12.1. The van der Waals surface area contributed by atoms with Crippen molar-refractivity contribution in [3.05, 3.63) is 29.8 Å². The summed E-state index contributed by atoms with van der Waals surface area (Å²) in [5.41, 5.74) is 1.98. The van der Waals surface area contributed by atoms with Gasteiger partial charge in [-0.25, -0.2) is 0 Å². The zero-order valence-corrected chi connectivity index (χ0v) is 12.7. The van der Waals surface area contributed by atoms with E-state index in [1.165, 1.54) is 0 Å². The van der Waals surface area contributed by atoms with Crippen molar-refractivity contribution in [1.82, 2.24) is 5.32 Å². The van der Waals surface area contributed by atoms with E-state index in [1.807, 2.05) is 24.3 Å². The Morgan fingerprint density at radius 3 is 2.85 bits per heavy atom. The van der Waals surface area contributed by atoms with Gasteiger partial charge < -0.3 is 15.4 Å². The van der Waals surface area contributed by atoms with E-state index in [2.05, 4.69) is 17.6 Å². The van der Waals surface area contributed by atoms with E-state index in [4.69, 9.17) is 4.74 Å². The minimum Gasteiger partial charge on any atom is -0.368 e. The van der Waals surface area contributed by atoms with Crippen LogP contribution in [0.5, 0.6) is 0 Å². The molecule has 1 saturated heterocycles. The molecule has 1 aromatic rings. The highest BCUT2D eigenvalue weighted by Crippen LogP contribution is 2.18. The van der Waals surface area contributed by atoms with Crippen LogP contribution in [0.25, 0.3) is 0 Å². The van der Waals surface area contributed by atoms with Crippen LogP contribution in [0.15, 0.2) is 24.3 Å². The average Bonchev–Trinajstić information content (AvgIpc) is 2.47. The third kappa shape index (κ3) is 4.78.